The normalized spacial score (nSPS) is 12.4. The molecular formula is C17H23N3. The molecule has 1 unspecified atom stereocenters. The predicted octanol–water partition coefficient (Wildman–Crippen LogP) is 3.52. The van der Waals surface area contributed by atoms with Crippen molar-refractivity contribution in [2.24, 2.45) is 5.73 Å². The zero-order valence-corrected chi connectivity index (χ0v) is 12.5. The minimum Gasteiger partial charge on any atom is -0.350 e. The molecule has 3 nitrogen and oxygen atoms in total. The molecule has 0 saturated heterocycles. The van der Waals surface area contributed by atoms with Gasteiger partial charge in [-0.15, -0.1) is 0 Å². The summed E-state index contributed by atoms with van der Waals surface area (Å²) < 4.78 is 0. The third-order valence-electron chi connectivity index (χ3n) is 3.41. The number of hydrogen-bond donors (Lipinski definition) is 1. The summed E-state index contributed by atoms with van der Waals surface area (Å²) in [4.78, 5) is 6.86. The van der Waals surface area contributed by atoms with Crippen LogP contribution in [0.5, 0.6) is 0 Å². The van der Waals surface area contributed by atoms with Gasteiger partial charge in [0.25, 0.3) is 0 Å². The number of nitrogens with two attached hydrogens (primary N) is 1. The summed E-state index contributed by atoms with van der Waals surface area (Å²) in [6.45, 7) is 7.21. The van der Waals surface area contributed by atoms with Crippen LogP contribution in [0.25, 0.3) is 0 Å². The molecule has 0 spiro atoms. The molecule has 0 radical (unpaired) electrons. The number of rotatable bonds is 5. The molecule has 0 bridgehead atoms. The van der Waals surface area contributed by atoms with Crippen LogP contribution in [0.3, 0.4) is 0 Å². The first-order valence-corrected chi connectivity index (χ1v) is 7.10. The Kier molecular flexibility index (Phi) is 4.74. The minimum absolute atomic E-state index is 0.0261. The van der Waals surface area contributed by atoms with Gasteiger partial charge in [0.1, 0.15) is 5.82 Å². The summed E-state index contributed by atoms with van der Waals surface area (Å²) in [5, 5.41) is 0. The molecule has 2 aromatic rings. The zero-order chi connectivity index (χ0) is 14.5. The lowest BCUT2D eigenvalue weighted by Gasteiger charge is -2.28. The standard InChI is InChI=1S/C17H23N3/c1-13(2)20(12-15-7-5-4-6-8-15)17-10-9-16(11-19-17)14(3)18/h4-11,13-14H,12,18H2,1-3H3. The molecule has 0 saturated carbocycles. The van der Waals surface area contributed by atoms with Gasteiger partial charge in [-0.3, -0.25) is 0 Å². The van der Waals surface area contributed by atoms with E-state index in [0.29, 0.717) is 6.04 Å². The molecule has 2 rings (SSSR count). The molecule has 0 aliphatic rings. The van der Waals surface area contributed by atoms with Crippen LogP contribution in [0, 0.1) is 0 Å². The molecule has 1 aromatic heterocycles. The molecule has 0 fully saturated rings. The number of hydrogen-bond acceptors (Lipinski definition) is 3. The molecule has 106 valence electrons. The molecule has 1 aromatic carbocycles. The van der Waals surface area contributed by atoms with E-state index in [-0.39, 0.29) is 6.04 Å². The summed E-state index contributed by atoms with van der Waals surface area (Å²) in [6, 6.07) is 15.0. The molecule has 2 N–H and O–H groups in total. The average molecular weight is 269 g/mol. The molecule has 20 heavy (non-hydrogen) atoms. The van der Waals surface area contributed by atoms with Crippen molar-refractivity contribution in [2.45, 2.75) is 39.4 Å². The Bertz CT molecular complexity index is 518. The van der Waals surface area contributed by atoms with Gasteiger partial charge in [0.15, 0.2) is 0 Å². The van der Waals surface area contributed by atoms with Crippen LogP contribution >= 0.6 is 0 Å². The van der Waals surface area contributed by atoms with Gasteiger partial charge >= 0.3 is 0 Å². The van der Waals surface area contributed by atoms with Gasteiger partial charge in [-0.2, -0.15) is 0 Å². The zero-order valence-electron chi connectivity index (χ0n) is 12.5. The van der Waals surface area contributed by atoms with E-state index in [1.165, 1.54) is 5.56 Å². The van der Waals surface area contributed by atoms with E-state index < -0.39 is 0 Å². The third kappa shape index (κ3) is 3.58. The Morgan fingerprint density at radius 1 is 1.05 bits per heavy atom. The Morgan fingerprint density at radius 3 is 2.25 bits per heavy atom. The Morgan fingerprint density at radius 2 is 1.75 bits per heavy atom. The van der Waals surface area contributed by atoms with E-state index in [9.17, 15) is 0 Å². The van der Waals surface area contributed by atoms with Crippen LogP contribution in [0.2, 0.25) is 0 Å². The fourth-order valence-corrected chi connectivity index (χ4v) is 2.14. The summed E-state index contributed by atoms with van der Waals surface area (Å²) in [7, 11) is 0. The maximum atomic E-state index is 5.87. The van der Waals surface area contributed by atoms with Crippen LogP contribution < -0.4 is 10.6 Å². The second kappa shape index (κ2) is 6.53. The number of aromatic nitrogens is 1. The van der Waals surface area contributed by atoms with Crippen LogP contribution in [0.1, 0.15) is 37.9 Å². The van der Waals surface area contributed by atoms with Gasteiger partial charge in [-0.05, 0) is 38.0 Å². The molecule has 3 heteroatoms. The van der Waals surface area contributed by atoms with Crippen LogP contribution in [-0.4, -0.2) is 11.0 Å². The van der Waals surface area contributed by atoms with Gasteiger partial charge in [0.05, 0.1) is 0 Å². The third-order valence-corrected chi connectivity index (χ3v) is 3.41. The van der Waals surface area contributed by atoms with Crippen molar-refractivity contribution >= 4 is 5.82 Å². The monoisotopic (exact) mass is 269 g/mol. The summed E-state index contributed by atoms with van der Waals surface area (Å²) in [5.74, 6) is 0.994. The van der Waals surface area contributed by atoms with Gasteiger partial charge < -0.3 is 10.6 Å². The maximum Gasteiger partial charge on any atom is 0.129 e. The molecule has 0 aliphatic heterocycles. The minimum atomic E-state index is 0.0261. The van der Waals surface area contributed by atoms with E-state index >= 15 is 0 Å². The van der Waals surface area contributed by atoms with Crippen molar-refractivity contribution in [1.82, 2.24) is 4.98 Å². The highest BCUT2D eigenvalue weighted by Gasteiger charge is 2.12. The smallest absolute Gasteiger partial charge is 0.129 e. The van der Waals surface area contributed by atoms with Crippen LogP contribution in [0.15, 0.2) is 48.7 Å². The summed E-state index contributed by atoms with van der Waals surface area (Å²) in [6.07, 6.45) is 1.88. The largest absolute Gasteiger partial charge is 0.350 e. The van der Waals surface area contributed by atoms with Crippen molar-refractivity contribution in [3.8, 4) is 0 Å². The molecule has 0 aliphatic carbocycles. The van der Waals surface area contributed by atoms with Crippen molar-refractivity contribution in [2.75, 3.05) is 4.90 Å². The van der Waals surface area contributed by atoms with Crippen molar-refractivity contribution in [3.63, 3.8) is 0 Å². The van der Waals surface area contributed by atoms with E-state index in [2.05, 4.69) is 60.1 Å². The van der Waals surface area contributed by atoms with Gasteiger partial charge in [0.2, 0.25) is 0 Å². The summed E-state index contributed by atoms with van der Waals surface area (Å²) >= 11 is 0. The van der Waals surface area contributed by atoms with Crippen molar-refractivity contribution < 1.29 is 0 Å². The van der Waals surface area contributed by atoms with E-state index in [1.54, 1.807) is 0 Å². The first-order valence-electron chi connectivity index (χ1n) is 7.10. The highest BCUT2D eigenvalue weighted by Crippen LogP contribution is 2.19. The number of nitrogens with zero attached hydrogens (tertiary/aromatic N) is 2. The first-order chi connectivity index (χ1) is 9.58. The Labute approximate surface area is 121 Å². The average Bonchev–Trinajstić information content (AvgIpc) is 2.45. The predicted molar refractivity (Wildman–Crippen MR) is 84.6 cm³/mol. The molecular weight excluding hydrogens is 246 g/mol. The Hall–Kier alpha value is -1.87. The molecule has 1 heterocycles. The van der Waals surface area contributed by atoms with Gasteiger partial charge in [0, 0.05) is 24.8 Å². The lowest BCUT2D eigenvalue weighted by atomic mass is 10.1. The first kappa shape index (κ1) is 14.5. The van der Waals surface area contributed by atoms with Crippen LogP contribution in [0.4, 0.5) is 5.82 Å². The summed E-state index contributed by atoms with van der Waals surface area (Å²) in [5.41, 5.74) is 8.23. The lowest BCUT2D eigenvalue weighted by molar-refractivity contribution is 0.671. The van der Waals surface area contributed by atoms with E-state index in [1.807, 2.05) is 19.2 Å². The van der Waals surface area contributed by atoms with Gasteiger partial charge in [-0.25, -0.2) is 4.98 Å². The van der Waals surface area contributed by atoms with Gasteiger partial charge in [-0.1, -0.05) is 36.4 Å². The lowest BCUT2D eigenvalue weighted by Crippen LogP contribution is -2.30. The van der Waals surface area contributed by atoms with Crippen LogP contribution in [-0.2, 0) is 6.54 Å². The second-order valence-corrected chi connectivity index (χ2v) is 5.45. The maximum absolute atomic E-state index is 5.87. The van der Waals surface area contributed by atoms with Crippen molar-refractivity contribution in [1.29, 1.82) is 0 Å². The highest BCUT2D eigenvalue weighted by atomic mass is 15.2. The number of benzene rings is 1. The fourth-order valence-electron chi connectivity index (χ4n) is 2.14. The quantitative estimate of drug-likeness (QED) is 0.903. The Balaban J connectivity index is 2.20. The molecule has 0 amide bonds. The second-order valence-electron chi connectivity index (χ2n) is 5.45. The SMILES string of the molecule is CC(N)c1ccc(N(Cc2ccccc2)C(C)C)nc1. The number of pyridine rings is 1. The highest BCUT2D eigenvalue weighted by molar-refractivity contribution is 5.41. The molecule has 1 atom stereocenters. The fraction of sp³-hybridized carbons (Fsp3) is 0.353. The van der Waals surface area contributed by atoms with E-state index in [4.69, 9.17) is 5.73 Å². The topological polar surface area (TPSA) is 42.1 Å². The number of anilines is 1. The van der Waals surface area contributed by atoms with E-state index in [0.717, 1.165) is 17.9 Å². The van der Waals surface area contributed by atoms with Crippen molar-refractivity contribution in [3.05, 3.63) is 59.8 Å².